The lowest BCUT2D eigenvalue weighted by atomic mass is 9.97. The molecule has 2 fully saturated rings. The van der Waals surface area contributed by atoms with E-state index in [1.807, 2.05) is 0 Å². The van der Waals surface area contributed by atoms with Gasteiger partial charge in [0.15, 0.2) is 0 Å². The van der Waals surface area contributed by atoms with Crippen LogP contribution in [0.1, 0.15) is 37.2 Å². The normalized spacial score (nSPS) is 34.4. The van der Waals surface area contributed by atoms with E-state index >= 15 is 0 Å². The minimum atomic E-state index is 0.398. The largest absolute Gasteiger partial charge is 0.299 e. The summed E-state index contributed by atoms with van der Waals surface area (Å²) in [5, 5.41) is 0. The van der Waals surface area contributed by atoms with E-state index in [9.17, 15) is 4.79 Å². The van der Waals surface area contributed by atoms with Crippen LogP contribution in [-0.2, 0) is 4.79 Å². The lowest BCUT2D eigenvalue weighted by Gasteiger charge is -2.06. The Bertz CT molecular complexity index is 368. The number of ketones is 1. The zero-order valence-corrected chi connectivity index (χ0v) is 8.86. The third kappa shape index (κ3) is 1.60. The fraction of sp³-hybridized carbons (Fsp3) is 0.500. The third-order valence-corrected chi connectivity index (χ3v) is 3.94. The molecule has 2 aliphatic carbocycles. The number of Topliss-reactive ketones (excluding diaryl/α,β-unsaturated/α-hetero) is 1. The summed E-state index contributed by atoms with van der Waals surface area (Å²) < 4.78 is 0. The standard InChI is InChI=1S/C14H16O/c15-14-8-4-7-11(14)13-9-12(13)10-5-2-1-3-6-10/h1-3,5-6,11-13H,4,7-9H2. The van der Waals surface area contributed by atoms with Gasteiger partial charge in [-0.15, -0.1) is 0 Å². The van der Waals surface area contributed by atoms with Gasteiger partial charge in [0.1, 0.15) is 5.78 Å². The highest BCUT2D eigenvalue weighted by Gasteiger charge is 2.47. The lowest BCUT2D eigenvalue weighted by molar-refractivity contribution is -0.121. The predicted molar refractivity (Wildman–Crippen MR) is 59.6 cm³/mol. The second-order valence-electron chi connectivity index (χ2n) is 4.88. The first-order chi connectivity index (χ1) is 7.36. The molecule has 0 bridgehead atoms. The molecular weight excluding hydrogens is 184 g/mol. The Balaban J connectivity index is 1.72. The summed E-state index contributed by atoms with van der Waals surface area (Å²) in [4.78, 5) is 11.6. The van der Waals surface area contributed by atoms with Crippen molar-refractivity contribution in [2.75, 3.05) is 0 Å². The SMILES string of the molecule is O=C1CCCC1C1CC1c1ccccc1. The van der Waals surface area contributed by atoms with E-state index in [0.29, 0.717) is 23.5 Å². The van der Waals surface area contributed by atoms with Gasteiger partial charge in [-0.3, -0.25) is 4.79 Å². The molecule has 0 heterocycles. The quantitative estimate of drug-likeness (QED) is 0.716. The smallest absolute Gasteiger partial charge is 0.136 e. The predicted octanol–water partition coefficient (Wildman–Crippen LogP) is 3.16. The Morgan fingerprint density at radius 2 is 1.87 bits per heavy atom. The fourth-order valence-corrected chi connectivity index (χ4v) is 3.04. The Morgan fingerprint density at radius 1 is 1.07 bits per heavy atom. The second kappa shape index (κ2) is 3.48. The molecule has 1 nitrogen and oxygen atoms in total. The van der Waals surface area contributed by atoms with Gasteiger partial charge in [-0.05, 0) is 36.7 Å². The summed E-state index contributed by atoms with van der Waals surface area (Å²) in [7, 11) is 0. The summed E-state index contributed by atoms with van der Waals surface area (Å²) in [6.07, 6.45) is 4.34. The fourth-order valence-electron chi connectivity index (χ4n) is 3.04. The van der Waals surface area contributed by atoms with Crippen LogP contribution in [0.5, 0.6) is 0 Å². The van der Waals surface area contributed by atoms with E-state index < -0.39 is 0 Å². The summed E-state index contributed by atoms with van der Waals surface area (Å²) >= 11 is 0. The number of hydrogen-bond donors (Lipinski definition) is 0. The van der Waals surface area contributed by atoms with E-state index in [1.54, 1.807) is 0 Å². The number of hydrogen-bond acceptors (Lipinski definition) is 1. The third-order valence-electron chi connectivity index (χ3n) is 3.94. The maximum absolute atomic E-state index is 11.6. The van der Waals surface area contributed by atoms with Crippen molar-refractivity contribution in [2.24, 2.45) is 11.8 Å². The van der Waals surface area contributed by atoms with Gasteiger partial charge >= 0.3 is 0 Å². The zero-order chi connectivity index (χ0) is 10.3. The van der Waals surface area contributed by atoms with Crippen molar-refractivity contribution in [1.29, 1.82) is 0 Å². The van der Waals surface area contributed by atoms with Crippen molar-refractivity contribution >= 4 is 5.78 Å². The molecule has 0 amide bonds. The topological polar surface area (TPSA) is 17.1 Å². The Morgan fingerprint density at radius 3 is 2.53 bits per heavy atom. The van der Waals surface area contributed by atoms with Crippen molar-refractivity contribution in [3.63, 3.8) is 0 Å². The van der Waals surface area contributed by atoms with Gasteiger partial charge in [-0.1, -0.05) is 30.3 Å². The molecule has 0 aromatic heterocycles. The van der Waals surface area contributed by atoms with Gasteiger partial charge < -0.3 is 0 Å². The van der Waals surface area contributed by atoms with Gasteiger partial charge in [-0.25, -0.2) is 0 Å². The Labute approximate surface area is 90.5 Å². The molecule has 2 saturated carbocycles. The molecule has 3 rings (SSSR count). The van der Waals surface area contributed by atoms with Crippen LogP contribution < -0.4 is 0 Å². The summed E-state index contributed by atoms with van der Waals surface area (Å²) in [6, 6.07) is 10.7. The minimum absolute atomic E-state index is 0.398. The molecule has 3 atom stereocenters. The zero-order valence-electron chi connectivity index (χ0n) is 8.86. The van der Waals surface area contributed by atoms with Crippen LogP contribution in [-0.4, -0.2) is 5.78 Å². The summed E-state index contributed by atoms with van der Waals surface area (Å²) in [6.45, 7) is 0. The Kier molecular flexibility index (Phi) is 2.12. The van der Waals surface area contributed by atoms with Crippen molar-refractivity contribution < 1.29 is 4.79 Å². The molecule has 2 aliphatic rings. The van der Waals surface area contributed by atoms with Crippen molar-refractivity contribution in [3.8, 4) is 0 Å². The van der Waals surface area contributed by atoms with Crippen LogP contribution in [0.25, 0.3) is 0 Å². The molecule has 3 unspecified atom stereocenters. The molecule has 0 N–H and O–H groups in total. The molecule has 0 spiro atoms. The summed E-state index contributed by atoms with van der Waals surface area (Å²) in [5.74, 6) is 2.27. The van der Waals surface area contributed by atoms with E-state index in [0.717, 1.165) is 19.3 Å². The van der Waals surface area contributed by atoms with E-state index in [2.05, 4.69) is 30.3 Å². The molecular formula is C14H16O. The maximum atomic E-state index is 11.6. The van der Waals surface area contributed by atoms with Crippen LogP contribution in [0.4, 0.5) is 0 Å². The van der Waals surface area contributed by atoms with E-state index in [-0.39, 0.29) is 0 Å². The van der Waals surface area contributed by atoms with E-state index in [1.165, 1.54) is 12.0 Å². The monoisotopic (exact) mass is 200 g/mol. The van der Waals surface area contributed by atoms with E-state index in [4.69, 9.17) is 0 Å². The molecule has 0 saturated heterocycles. The van der Waals surface area contributed by atoms with Crippen molar-refractivity contribution in [2.45, 2.75) is 31.6 Å². The first kappa shape index (κ1) is 9.14. The molecule has 15 heavy (non-hydrogen) atoms. The van der Waals surface area contributed by atoms with Gasteiger partial charge in [0.2, 0.25) is 0 Å². The van der Waals surface area contributed by atoms with Crippen LogP contribution in [0.2, 0.25) is 0 Å². The highest BCUT2D eigenvalue weighted by molar-refractivity contribution is 5.83. The lowest BCUT2D eigenvalue weighted by Crippen LogP contribution is -2.09. The number of benzene rings is 1. The maximum Gasteiger partial charge on any atom is 0.136 e. The molecule has 0 radical (unpaired) electrons. The van der Waals surface area contributed by atoms with Gasteiger partial charge in [0.25, 0.3) is 0 Å². The van der Waals surface area contributed by atoms with Crippen molar-refractivity contribution in [3.05, 3.63) is 35.9 Å². The van der Waals surface area contributed by atoms with Crippen LogP contribution in [0.3, 0.4) is 0 Å². The average molecular weight is 200 g/mol. The van der Waals surface area contributed by atoms with Gasteiger partial charge in [-0.2, -0.15) is 0 Å². The second-order valence-corrected chi connectivity index (χ2v) is 4.88. The molecule has 1 aromatic rings. The molecule has 78 valence electrons. The average Bonchev–Trinajstić information content (AvgIpc) is 2.96. The van der Waals surface area contributed by atoms with Crippen molar-refractivity contribution in [1.82, 2.24) is 0 Å². The first-order valence-corrected chi connectivity index (χ1v) is 5.94. The van der Waals surface area contributed by atoms with Crippen LogP contribution in [0, 0.1) is 11.8 Å². The number of carbonyl (C=O) groups excluding carboxylic acids is 1. The van der Waals surface area contributed by atoms with Crippen LogP contribution >= 0.6 is 0 Å². The Hall–Kier alpha value is -1.11. The first-order valence-electron chi connectivity index (χ1n) is 5.94. The highest BCUT2D eigenvalue weighted by Crippen LogP contribution is 2.54. The number of carbonyl (C=O) groups is 1. The molecule has 1 aromatic carbocycles. The van der Waals surface area contributed by atoms with Gasteiger partial charge in [0.05, 0.1) is 0 Å². The highest BCUT2D eigenvalue weighted by atomic mass is 16.1. The molecule has 0 aliphatic heterocycles. The van der Waals surface area contributed by atoms with Gasteiger partial charge in [0, 0.05) is 12.3 Å². The minimum Gasteiger partial charge on any atom is -0.299 e. The van der Waals surface area contributed by atoms with Crippen LogP contribution in [0.15, 0.2) is 30.3 Å². The number of rotatable bonds is 2. The summed E-state index contributed by atoms with van der Waals surface area (Å²) in [5.41, 5.74) is 1.43. The molecule has 1 heteroatoms.